The molecule has 1 aliphatic heterocycles. The van der Waals surface area contributed by atoms with Gasteiger partial charge in [0.25, 0.3) is 0 Å². The summed E-state index contributed by atoms with van der Waals surface area (Å²) in [6.07, 6.45) is 6.16. The van der Waals surface area contributed by atoms with E-state index in [0.29, 0.717) is 0 Å². The monoisotopic (exact) mass is 482 g/mol. The number of aliphatic imine (C=N–C) groups is 1. The molecule has 0 saturated carbocycles. The molecule has 6 nitrogen and oxygen atoms in total. The molecule has 0 unspecified atom stereocenters. The number of rotatable bonds is 6. The van der Waals surface area contributed by atoms with Crippen molar-refractivity contribution in [2.45, 2.75) is 19.4 Å². The highest BCUT2D eigenvalue weighted by atomic mass is 127. The molecule has 1 aliphatic rings. The number of piperazine rings is 1. The van der Waals surface area contributed by atoms with Crippen molar-refractivity contribution in [3.05, 3.63) is 53.9 Å². The van der Waals surface area contributed by atoms with Crippen molar-refractivity contribution in [1.29, 1.82) is 0 Å². The zero-order valence-electron chi connectivity index (χ0n) is 16.3. The number of benzene rings is 1. The summed E-state index contributed by atoms with van der Waals surface area (Å²) in [5.74, 6) is 1.02. The maximum absolute atomic E-state index is 4.47. The van der Waals surface area contributed by atoms with Crippen molar-refractivity contribution >= 4 is 29.9 Å². The van der Waals surface area contributed by atoms with Crippen LogP contribution in [0, 0.1) is 0 Å². The van der Waals surface area contributed by atoms with E-state index >= 15 is 0 Å². The first-order valence-electron chi connectivity index (χ1n) is 9.44. The average molecular weight is 482 g/mol. The van der Waals surface area contributed by atoms with E-state index in [0.717, 1.165) is 58.1 Å². The lowest BCUT2D eigenvalue weighted by Crippen LogP contribution is -2.52. The number of nitrogens with zero attached hydrogens (tertiary/aromatic N) is 5. The van der Waals surface area contributed by atoms with Gasteiger partial charge in [0.1, 0.15) is 0 Å². The maximum atomic E-state index is 4.47. The second kappa shape index (κ2) is 11.3. The van der Waals surface area contributed by atoms with Gasteiger partial charge >= 0.3 is 0 Å². The van der Waals surface area contributed by atoms with Crippen LogP contribution in [-0.4, -0.2) is 65.3 Å². The molecule has 1 fully saturated rings. The van der Waals surface area contributed by atoms with Gasteiger partial charge < -0.3 is 10.2 Å². The molecule has 3 rings (SSSR count). The van der Waals surface area contributed by atoms with Gasteiger partial charge in [-0.2, -0.15) is 5.10 Å². The van der Waals surface area contributed by atoms with Gasteiger partial charge in [0.05, 0.1) is 6.20 Å². The third-order valence-electron chi connectivity index (χ3n) is 4.82. The lowest BCUT2D eigenvalue weighted by molar-refractivity contribution is 0.172. The van der Waals surface area contributed by atoms with Crippen LogP contribution in [0.25, 0.3) is 0 Å². The Kier molecular flexibility index (Phi) is 9.06. The standard InChI is InChI=1S/C20H30N6.HI/c1-21-20(22-10-6-9-19-15-23-24(2)16-19)26-13-11-25(12-14-26)17-18-7-4-3-5-8-18;/h3-5,7-8,15-16H,6,9-14,17H2,1-2H3,(H,21,22);1H. The Morgan fingerprint density at radius 2 is 1.85 bits per heavy atom. The van der Waals surface area contributed by atoms with Gasteiger partial charge in [-0.25, -0.2) is 0 Å². The minimum absolute atomic E-state index is 0. The van der Waals surface area contributed by atoms with Gasteiger partial charge in [0, 0.05) is 59.6 Å². The van der Waals surface area contributed by atoms with Crippen LogP contribution in [0.1, 0.15) is 17.5 Å². The van der Waals surface area contributed by atoms with Crippen molar-refractivity contribution < 1.29 is 0 Å². The molecule has 0 amide bonds. The van der Waals surface area contributed by atoms with Gasteiger partial charge in [0.15, 0.2) is 5.96 Å². The number of hydrogen-bond acceptors (Lipinski definition) is 3. The highest BCUT2D eigenvalue weighted by Gasteiger charge is 2.19. The molecule has 27 heavy (non-hydrogen) atoms. The smallest absolute Gasteiger partial charge is 0.193 e. The molecule has 2 heterocycles. The molecule has 0 atom stereocenters. The van der Waals surface area contributed by atoms with E-state index in [9.17, 15) is 0 Å². The van der Waals surface area contributed by atoms with Crippen molar-refractivity contribution in [3.63, 3.8) is 0 Å². The molecule has 1 aromatic carbocycles. The van der Waals surface area contributed by atoms with Crippen LogP contribution in [-0.2, 0) is 20.0 Å². The van der Waals surface area contributed by atoms with Gasteiger partial charge in [0.2, 0.25) is 0 Å². The van der Waals surface area contributed by atoms with E-state index in [1.165, 1.54) is 11.1 Å². The SMILES string of the molecule is CN=C(NCCCc1cnn(C)c1)N1CCN(Cc2ccccc2)CC1.I. The highest BCUT2D eigenvalue weighted by molar-refractivity contribution is 14.0. The molecule has 2 aromatic rings. The van der Waals surface area contributed by atoms with Crippen LogP contribution in [0.4, 0.5) is 0 Å². The Morgan fingerprint density at radius 3 is 2.48 bits per heavy atom. The Labute approximate surface area is 179 Å². The van der Waals surface area contributed by atoms with Crippen molar-refractivity contribution in [1.82, 2.24) is 24.9 Å². The third-order valence-corrected chi connectivity index (χ3v) is 4.82. The first-order chi connectivity index (χ1) is 12.7. The van der Waals surface area contributed by atoms with Crippen molar-refractivity contribution in [2.75, 3.05) is 39.8 Å². The molecule has 0 radical (unpaired) electrons. The molecule has 0 bridgehead atoms. The average Bonchev–Trinajstić information content (AvgIpc) is 3.09. The number of aryl methyl sites for hydroxylation is 2. The Balaban J connectivity index is 0.00000261. The largest absolute Gasteiger partial charge is 0.356 e. The summed E-state index contributed by atoms with van der Waals surface area (Å²) in [7, 11) is 3.83. The molecule has 0 spiro atoms. The van der Waals surface area contributed by atoms with Crippen LogP contribution < -0.4 is 5.32 Å². The summed E-state index contributed by atoms with van der Waals surface area (Å²) in [4.78, 5) is 9.35. The lowest BCUT2D eigenvalue weighted by atomic mass is 10.2. The van der Waals surface area contributed by atoms with E-state index in [1.807, 2.05) is 25.0 Å². The number of nitrogens with one attached hydrogen (secondary N) is 1. The molecular formula is C20H31IN6. The second-order valence-electron chi connectivity index (χ2n) is 6.85. The van der Waals surface area contributed by atoms with Crippen molar-refractivity contribution in [3.8, 4) is 0 Å². The minimum Gasteiger partial charge on any atom is -0.356 e. The normalized spacial score (nSPS) is 15.5. The van der Waals surface area contributed by atoms with E-state index in [1.54, 1.807) is 0 Å². The molecule has 0 aliphatic carbocycles. The van der Waals surface area contributed by atoms with Crippen LogP contribution >= 0.6 is 24.0 Å². The molecule has 7 heteroatoms. The topological polar surface area (TPSA) is 48.7 Å². The Bertz CT molecular complexity index is 692. The highest BCUT2D eigenvalue weighted by Crippen LogP contribution is 2.08. The van der Waals surface area contributed by atoms with Crippen LogP contribution in [0.3, 0.4) is 0 Å². The summed E-state index contributed by atoms with van der Waals surface area (Å²) in [5.41, 5.74) is 2.68. The van der Waals surface area contributed by atoms with Crippen molar-refractivity contribution in [2.24, 2.45) is 12.0 Å². The quantitative estimate of drug-likeness (QED) is 0.297. The fourth-order valence-corrected chi connectivity index (χ4v) is 3.39. The summed E-state index contributed by atoms with van der Waals surface area (Å²) >= 11 is 0. The predicted molar refractivity (Wildman–Crippen MR) is 122 cm³/mol. The summed E-state index contributed by atoms with van der Waals surface area (Å²) < 4.78 is 1.86. The van der Waals surface area contributed by atoms with Gasteiger partial charge in [-0.3, -0.25) is 14.6 Å². The number of guanidine groups is 1. The number of hydrogen-bond donors (Lipinski definition) is 1. The zero-order chi connectivity index (χ0) is 18.2. The zero-order valence-corrected chi connectivity index (χ0v) is 18.7. The van der Waals surface area contributed by atoms with E-state index < -0.39 is 0 Å². The molecule has 148 valence electrons. The van der Waals surface area contributed by atoms with E-state index in [4.69, 9.17) is 0 Å². The third kappa shape index (κ3) is 6.80. The fraction of sp³-hybridized carbons (Fsp3) is 0.500. The van der Waals surface area contributed by atoms with Crippen LogP contribution in [0.15, 0.2) is 47.7 Å². The predicted octanol–water partition coefficient (Wildman–Crippen LogP) is 2.36. The van der Waals surface area contributed by atoms with Gasteiger partial charge in [-0.05, 0) is 24.0 Å². The number of aromatic nitrogens is 2. The van der Waals surface area contributed by atoms with Gasteiger partial charge in [-0.15, -0.1) is 24.0 Å². The Morgan fingerprint density at radius 1 is 1.11 bits per heavy atom. The maximum Gasteiger partial charge on any atom is 0.193 e. The molecule has 1 N–H and O–H groups in total. The summed E-state index contributed by atoms with van der Waals surface area (Å²) in [6.45, 7) is 6.17. The second-order valence-corrected chi connectivity index (χ2v) is 6.85. The minimum atomic E-state index is 0. The van der Waals surface area contributed by atoms with E-state index in [-0.39, 0.29) is 24.0 Å². The van der Waals surface area contributed by atoms with Crippen LogP contribution in [0.5, 0.6) is 0 Å². The molecule has 1 aromatic heterocycles. The molecule has 1 saturated heterocycles. The summed E-state index contributed by atoms with van der Waals surface area (Å²) in [6, 6.07) is 10.7. The lowest BCUT2D eigenvalue weighted by Gasteiger charge is -2.36. The van der Waals surface area contributed by atoms with E-state index in [2.05, 4.69) is 61.7 Å². The first-order valence-corrected chi connectivity index (χ1v) is 9.44. The molecular weight excluding hydrogens is 451 g/mol. The summed E-state index contributed by atoms with van der Waals surface area (Å²) in [5, 5.41) is 7.73. The van der Waals surface area contributed by atoms with Gasteiger partial charge in [-0.1, -0.05) is 30.3 Å². The Hall–Kier alpha value is -1.61. The first kappa shape index (κ1) is 21.7. The number of halogens is 1. The fourth-order valence-electron chi connectivity index (χ4n) is 3.39. The van der Waals surface area contributed by atoms with Crippen LogP contribution in [0.2, 0.25) is 0 Å².